The molecule has 2 rings (SSSR count). The molecule has 0 heterocycles. The molecule has 0 bridgehead atoms. The second kappa shape index (κ2) is 7.77. The minimum Gasteiger partial charge on any atom is -0.278 e. The van der Waals surface area contributed by atoms with Gasteiger partial charge in [0, 0.05) is 0 Å². The highest BCUT2D eigenvalue weighted by Crippen LogP contribution is 2.17. The molecule has 0 amide bonds. The first-order chi connectivity index (χ1) is 11.4. The van der Waals surface area contributed by atoms with Crippen molar-refractivity contribution in [1.29, 1.82) is 0 Å². The van der Waals surface area contributed by atoms with E-state index in [0.29, 0.717) is 0 Å². The van der Waals surface area contributed by atoms with E-state index >= 15 is 0 Å². The Hall–Kier alpha value is -2.62. The molecular formula is C20H26N4. The molecule has 0 fully saturated rings. The Balaban J connectivity index is 2.06. The third kappa shape index (κ3) is 4.69. The summed E-state index contributed by atoms with van der Waals surface area (Å²) in [5.41, 5.74) is 14.8. The van der Waals surface area contributed by atoms with Crippen LogP contribution in [-0.2, 0) is 0 Å². The lowest BCUT2D eigenvalue weighted by atomic mass is 10.1. The molecule has 0 aromatic heterocycles. The summed E-state index contributed by atoms with van der Waals surface area (Å²) in [7, 11) is 0. The summed E-state index contributed by atoms with van der Waals surface area (Å²) in [6.07, 6.45) is 0. The number of nitrogens with one attached hydrogen (secondary N) is 2. The normalized spacial score (nSPS) is 12.2. The van der Waals surface area contributed by atoms with Crippen molar-refractivity contribution in [2.24, 2.45) is 10.2 Å². The van der Waals surface area contributed by atoms with Gasteiger partial charge < -0.3 is 0 Å². The highest BCUT2D eigenvalue weighted by atomic mass is 15.3. The lowest BCUT2D eigenvalue weighted by molar-refractivity contribution is 1.26. The van der Waals surface area contributed by atoms with E-state index in [0.717, 1.165) is 22.8 Å². The Bertz CT molecular complexity index is 721. The highest BCUT2D eigenvalue weighted by molar-refractivity contribution is 6.40. The highest BCUT2D eigenvalue weighted by Gasteiger charge is 2.01. The minimum absolute atomic E-state index is 0.840. The molecular weight excluding hydrogens is 296 g/mol. The van der Waals surface area contributed by atoms with Gasteiger partial charge in [0.05, 0.1) is 22.8 Å². The summed E-state index contributed by atoms with van der Waals surface area (Å²) in [5, 5.41) is 8.86. The van der Waals surface area contributed by atoms with Crippen molar-refractivity contribution in [3.63, 3.8) is 0 Å². The van der Waals surface area contributed by atoms with Crippen molar-refractivity contribution in [2.75, 3.05) is 10.9 Å². The number of hydrogen-bond acceptors (Lipinski definition) is 4. The quantitative estimate of drug-likeness (QED) is 0.587. The van der Waals surface area contributed by atoms with Gasteiger partial charge in [-0.1, -0.05) is 35.4 Å². The number of anilines is 2. The molecule has 2 N–H and O–H groups in total. The molecule has 2 aromatic carbocycles. The van der Waals surface area contributed by atoms with E-state index in [2.05, 4.69) is 73.0 Å². The average Bonchev–Trinajstić information content (AvgIpc) is 2.52. The zero-order valence-electron chi connectivity index (χ0n) is 15.4. The van der Waals surface area contributed by atoms with Crippen molar-refractivity contribution >= 4 is 22.8 Å². The number of rotatable bonds is 5. The van der Waals surface area contributed by atoms with Crippen molar-refractivity contribution in [3.8, 4) is 0 Å². The maximum absolute atomic E-state index is 4.43. The van der Waals surface area contributed by atoms with Crippen LogP contribution in [0.15, 0.2) is 46.6 Å². The van der Waals surface area contributed by atoms with E-state index in [-0.39, 0.29) is 0 Å². The fraction of sp³-hybridized carbons (Fsp3) is 0.300. The smallest absolute Gasteiger partial charge is 0.0805 e. The van der Waals surface area contributed by atoms with Crippen LogP contribution in [0, 0.1) is 27.7 Å². The Morgan fingerprint density at radius 1 is 0.667 bits per heavy atom. The summed E-state index contributed by atoms with van der Waals surface area (Å²) in [5.74, 6) is 0. The fourth-order valence-electron chi connectivity index (χ4n) is 2.33. The molecule has 4 heteroatoms. The maximum atomic E-state index is 4.43. The second-order valence-electron chi connectivity index (χ2n) is 6.25. The Morgan fingerprint density at radius 2 is 1.04 bits per heavy atom. The summed E-state index contributed by atoms with van der Waals surface area (Å²) >= 11 is 0. The van der Waals surface area contributed by atoms with Crippen LogP contribution in [0.1, 0.15) is 36.1 Å². The van der Waals surface area contributed by atoms with Gasteiger partial charge in [-0.2, -0.15) is 10.2 Å². The predicted molar refractivity (Wildman–Crippen MR) is 105 cm³/mol. The lowest BCUT2D eigenvalue weighted by Gasteiger charge is -2.09. The summed E-state index contributed by atoms with van der Waals surface area (Å²) < 4.78 is 0. The van der Waals surface area contributed by atoms with Crippen molar-refractivity contribution in [2.45, 2.75) is 41.5 Å². The minimum atomic E-state index is 0.840. The molecule has 4 nitrogen and oxygen atoms in total. The van der Waals surface area contributed by atoms with Crippen LogP contribution < -0.4 is 10.9 Å². The third-order valence-corrected chi connectivity index (χ3v) is 3.98. The topological polar surface area (TPSA) is 48.8 Å². The third-order valence-electron chi connectivity index (χ3n) is 3.98. The average molecular weight is 322 g/mol. The number of hydrazone groups is 2. The van der Waals surface area contributed by atoms with Crippen molar-refractivity contribution in [3.05, 3.63) is 58.7 Å². The monoisotopic (exact) mass is 322 g/mol. The van der Waals surface area contributed by atoms with Gasteiger partial charge in [0.2, 0.25) is 0 Å². The number of aryl methyl sites for hydroxylation is 4. The zero-order valence-corrected chi connectivity index (χ0v) is 15.4. The van der Waals surface area contributed by atoms with Crippen LogP contribution in [0.5, 0.6) is 0 Å². The zero-order chi connectivity index (χ0) is 17.7. The standard InChI is InChI=1S/C20H26N4/c1-13-7-9-19(15(3)11-13)23-21-17(5)18(6)22-24-20-10-8-14(2)12-16(20)4/h7-12,23-24H,1-6H3/b21-17-,22-18-. The van der Waals surface area contributed by atoms with E-state index in [4.69, 9.17) is 0 Å². The van der Waals surface area contributed by atoms with Gasteiger partial charge in [-0.05, 0) is 64.8 Å². The largest absolute Gasteiger partial charge is 0.278 e. The second-order valence-corrected chi connectivity index (χ2v) is 6.25. The van der Waals surface area contributed by atoms with E-state index < -0.39 is 0 Å². The Kier molecular flexibility index (Phi) is 5.74. The first-order valence-electron chi connectivity index (χ1n) is 8.12. The molecule has 0 aliphatic rings. The van der Waals surface area contributed by atoms with Gasteiger partial charge in [0.15, 0.2) is 0 Å². The summed E-state index contributed by atoms with van der Waals surface area (Å²) in [6.45, 7) is 12.2. The molecule has 0 aliphatic carbocycles. The van der Waals surface area contributed by atoms with Gasteiger partial charge in [0.1, 0.15) is 0 Å². The van der Waals surface area contributed by atoms with Gasteiger partial charge in [-0.3, -0.25) is 10.9 Å². The van der Waals surface area contributed by atoms with Crippen molar-refractivity contribution in [1.82, 2.24) is 0 Å². The first kappa shape index (κ1) is 17.7. The molecule has 0 radical (unpaired) electrons. The SMILES string of the molecule is CC(=N/Nc1ccc(C)cc1C)/C(C)=N\Nc1ccc(C)cc1C. The molecule has 0 saturated carbocycles. The van der Waals surface area contributed by atoms with Gasteiger partial charge in [-0.15, -0.1) is 0 Å². The molecule has 0 aliphatic heterocycles. The van der Waals surface area contributed by atoms with E-state index in [1.54, 1.807) is 0 Å². The molecule has 2 aromatic rings. The van der Waals surface area contributed by atoms with Crippen molar-refractivity contribution < 1.29 is 0 Å². The summed E-state index contributed by atoms with van der Waals surface area (Å²) in [4.78, 5) is 0. The fourth-order valence-corrected chi connectivity index (χ4v) is 2.33. The maximum Gasteiger partial charge on any atom is 0.0805 e. The lowest BCUT2D eigenvalue weighted by Crippen LogP contribution is -2.11. The first-order valence-corrected chi connectivity index (χ1v) is 8.12. The molecule has 0 saturated heterocycles. The molecule has 0 atom stereocenters. The van der Waals surface area contributed by atoms with Gasteiger partial charge >= 0.3 is 0 Å². The van der Waals surface area contributed by atoms with Crippen LogP contribution in [0.2, 0.25) is 0 Å². The predicted octanol–water partition coefficient (Wildman–Crippen LogP) is 5.20. The van der Waals surface area contributed by atoms with E-state index in [1.165, 1.54) is 22.3 Å². The molecule has 126 valence electrons. The number of benzene rings is 2. The van der Waals surface area contributed by atoms with Crippen LogP contribution in [0.25, 0.3) is 0 Å². The molecule has 24 heavy (non-hydrogen) atoms. The Labute approximate surface area is 144 Å². The van der Waals surface area contributed by atoms with Crippen LogP contribution in [0.4, 0.5) is 11.4 Å². The summed E-state index contributed by atoms with van der Waals surface area (Å²) in [6, 6.07) is 12.5. The van der Waals surface area contributed by atoms with Gasteiger partial charge in [-0.25, -0.2) is 0 Å². The van der Waals surface area contributed by atoms with Gasteiger partial charge in [0.25, 0.3) is 0 Å². The number of hydrogen-bond donors (Lipinski definition) is 2. The van der Waals surface area contributed by atoms with E-state index in [9.17, 15) is 0 Å². The van der Waals surface area contributed by atoms with Crippen LogP contribution >= 0.6 is 0 Å². The Morgan fingerprint density at radius 3 is 1.38 bits per heavy atom. The van der Waals surface area contributed by atoms with Crippen LogP contribution in [-0.4, -0.2) is 11.4 Å². The molecule has 0 unspecified atom stereocenters. The van der Waals surface area contributed by atoms with Crippen LogP contribution in [0.3, 0.4) is 0 Å². The molecule has 0 spiro atoms. The van der Waals surface area contributed by atoms with E-state index in [1.807, 2.05) is 26.0 Å². The number of nitrogens with zero attached hydrogens (tertiary/aromatic N) is 2.